The molecule has 1 saturated heterocycles. The maximum atomic E-state index is 11.7. The Bertz CT molecular complexity index is 527. The Morgan fingerprint density at radius 2 is 2.29 bits per heavy atom. The van der Waals surface area contributed by atoms with Crippen LogP contribution < -0.4 is 4.90 Å². The molecule has 1 aromatic heterocycles. The Morgan fingerprint density at radius 1 is 1.52 bits per heavy atom. The molecule has 2 heterocycles. The Labute approximate surface area is 131 Å². The minimum absolute atomic E-state index is 0.00478. The van der Waals surface area contributed by atoms with Crippen molar-refractivity contribution in [2.45, 2.75) is 12.5 Å². The first kappa shape index (κ1) is 16.2. The average Bonchev–Trinajstić information content (AvgIpc) is 2.49. The second-order valence-corrected chi connectivity index (χ2v) is 5.12. The molecule has 9 heteroatoms. The van der Waals surface area contributed by atoms with E-state index in [-0.39, 0.29) is 28.6 Å². The van der Waals surface area contributed by atoms with Crippen LogP contribution in [0.3, 0.4) is 0 Å². The van der Waals surface area contributed by atoms with Crippen LogP contribution in [0.4, 0.5) is 5.82 Å². The van der Waals surface area contributed by atoms with Gasteiger partial charge in [0.05, 0.1) is 26.4 Å². The molecule has 0 amide bonds. The Kier molecular flexibility index (Phi) is 5.58. The van der Waals surface area contributed by atoms with Gasteiger partial charge in [-0.25, -0.2) is 9.78 Å². The molecule has 7 nitrogen and oxygen atoms in total. The average molecular weight is 336 g/mol. The number of hydrogen-bond acceptors (Lipinski definition) is 7. The monoisotopic (exact) mass is 335 g/mol. The van der Waals surface area contributed by atoms with Crippen molar-refractivity contribution in [3.05, 3.63) is 16.0 Å². The molecule has 0 aliphatic carbocycles. The number of nitrogens with zero attached hydrogens (tertiary/aromatic N) is 3. The number of rotatable bonds is 4. The molecule has 0 radical (unpaired) electrons. The third kappa shape index (κ3) is 3.55. The molecule has 1 fully saturated rings. The molecule has 116 valence electrons. The Balaban J connectivity index is 2.41. The van der Waals surface area contributed by atoms with E-state index in [1.807, 2.05) is 4.90 Å². The number of methoxy groups -OCH3 is 1. The SMILES string of the molecule is COC(=O)c1nc(Cl)nc(N2CCOCC2CCO)c1Cl. The van der Waals surface area contributed by atoms with Crippen molar-refractivity contribution in [3.8, 4) is 0 Å². The van der Waals surface area contributed by atoms with E-state index < -0.39 is 5.97 Å². The van der Waals surface area contributed by atoms with Gasteiger partial charge in [-0.2, -0.15) is 4.98 Å². The molecule has 0 spiro atoms. The predicted molar refractivity (Wildman–Crippen MR) is 77.0 cm³/mol. The number of aliphatic hydroxyl groups is 1. The van der Waals surface area contributed by atoms with E-state index in [4.69, 9.17) is 33.0 Å². The minimum Gasteiger partial charge on any atom is -0.464 e. The van der Waals surface area contributed by atoms with Gasteiger partial charge < -0.3 is 19.5 Å². The van der Waals surface area contributed by atoms with E-state index >= 15 is 0 Å². The van der Waals surface area contributed by atoms with Crippen LogP contribution >= 0.6 is 23.2 Å². The fraction of sp³-hybridized carbons (Fsp3) is 0.583. The van der Waals surface area contributed by atoms with Crippen molar-refractivity contribution < 1.29 is 19.4 Å². The predicted octanol–water partition coefficient (Wildman–Crippen LogP) is 1.16. The Hall–Kier alpha value is -1.15. The minimum atomic E-state index is -0.683. The lowest BCUT2D eigenvalue weighted by molar-refractivity contribution is 0.0594. The largest absolute Gasteiger partial charge is 0.464 e. The second-order valence-electron chi connectivity index (χ2n) is 4.40. The van der Waals surface area contributed by atoms with Gasteiger partial charge in [0.1, 0.15) is 5.02 Å². The van der Waals surface area contributed by atoms with E-state index in [2.05, 4.69) is 14.7 Å². The molecule has 0 aromatic carbocycles. The van der Waals surface area contributed by atoms with Gasteiger partial charge in [-0.1, -0.05) is 11.6 Å². The summed E-state index contributed by atoms with van der Waals surface area (Å²) >= 11 is 12.1. The van der Waals surface area contributed by atoms with Crippen LogP contribution in [0.1, 0.15) is 16.9 Å². The van der Waals surface area contributed by atoms with Crippen LogP contribution in [0.2, 0.25) is 10.3 Å². The van der Waals surface area contributed by atoms with Crippen molar-refractivity contribution >= 4 is 35.0 Å². The normalized spacial score (nSPS) is 18.7. The zero-order valence-electron chi connectivity index (χ0n) is 11.4. The first-order valence-electron chi connectivity index (χ1n) is 6.35. The lowest BCUT2D eigenvalue weighted by Crippen LogP contribution is -2.46. The first-order valence-corrected chi connectivity index (χ1v) is 7.10. The topological polar surface area (TPSA) is 84.8 Å². The number of aromatic nitrogens is 2. The summed E-state index contributed by atoms with van der Waals surface area (Å²) in [6.45, 7) is 1.46. The molecule has 1 aliphatic heterocycles. The third-order valence-electron chi connectivity index (χ3n) is 3.15. The summed E-state index contributed by atoms with van der Waals surface area (Å²) in [4.78, 5) is 21.5. The van der Waals surface area contributed by atoms with Gasteiger partial charge in [-0.15, -0.1) is 0 Å². The van der Waals surface area contributed by atoms with Gasteiger partial charge in [0, 0.05) is 13.2 Å². The summed E-state index contributed by atoms with van der Waals surface area (Å²) in [5, 5.41) is 9.13. The summed E-state index contributed by atoms with van der Waals surface area (Å²) in [5.74, 6) is -0.337. The number of carbonyl (C=O) groups is 1. The molecule has 0 saturated carbocycles. The number of halogens is 2. The van der Waals surface area contributed by atoms with E-state index in [1.165, 1.54) is 7.11 Å². The fourth-order valence-corrected chi connectivity index (χ4v) is 2.59. The van der Waals surface area contributed by atoms with Crippen LogP contribution in [-0.2, 0) is 9.47 Å². The van der Waals surface area contributed by atoms with E-state index in [1.54, 1.807) is 0 Å². The van der Waals surface area contributed by atoms with Crippen LogP contribution in [-0.4, -0.2) is 60.6 Å². The highest BCUT2D eigenvalue weighted by atomic mass is 35.5. The van der Waals surface area contributed by atoms with Crippen LogP contribution in [0.15, 0.2) is 0 Å². The first-order chi connectivity index (χ1) is 10.1. The highest BCUT2D eigenvalue weighted by Crippen LogP contribution is 2.31. The van der Waals surface area contributed by atoms with E-state index in [0.29, 0.717) is 32.0 Å². The van der Waals surface area contributed by atoms with Crippen molar-refractivity contribution in [1.29, 1.82) is 0 Å². The second kappa shape index (κ2) is 7.22. The van der Waals surface area contributed by atoms with Crippen molar-refractivity contribution in [2.75, 3.05) is 38.4 Å². The van der Waals surface area contributed by atoms with Crippen molar-refractivity contribution in [2.24, 2.45) is 0 Å². The molecule has 1 aliphatic rings. The van der Waals surface area contributed by atoms with Gasteiger partial charge >= 0.3 is 5.97 Å². The molecule has 1 atom stereocenters. The van der Waals surface area contributed by atoms with Gasteiger partial charge in [-0.3, -0.25) is 0 Å². The third-order valence-corrected chi connectivity index (χ3v) is 3.66. The zero-order chi connectivity index (χ0) is 15.4. The van der Waals surface area contributed by atoms with Gasteiger partial charge in [-0.05, 0) is 18.0 Å². The van der Waals surface area contributed by atoms with Gasteiger partial charge in [0.15, 0.2) is 11.5 Å². The lowest BCUT2D eigenvalue weighted by Gasteiger charge is -2.36. The van der Waals surface area contributed by atoms with Crippen molar-refractivity contribution in [3.63, 3.8) is 0 Å². The number of aliphatic hydroxyl groups excluding tert-OH is 1. The highest BCUT2D eigenvalue weighted by Gasteiger charge is 2.29. The smallest absolute Gasteiger partial charge is 0.358 e. The molecule has 1 N–H and O–H groups in total. The number of anilines is 1. The van der Waals surface area contributed by atoms with Crippen LogP contribution in [0.5, 0.6) is 0 Å². The molecular weight excluding hydrogens is 321 g/mol. The maximum absolute atomic E-state index is 11.7. The molecular formula is C12H15Cl2N3O4. The lowest BCUT2D eigenvalue weighted by atomic mass is 10.1. The van der Waals surface area contributed by atoms with Crippen LogP contribution in [0, 0.1) is 0 Å². The molecule has 1 aromatic rings. The van der Waals surface area contributed by atoms with Gasteiger partial charge in [0.2, 0.25) is 5.28 Å². The van der Waals surface area contributed by atoms with Crippen LogP contribution in [0.25, 0.3) is 0 Å². The Morgan fingerprint density at radius 3 is 2.95 bits per heavy atom. The van der Waals surface area contributed by atoms with Gasteiger partial charge in [0.25, 0.3) is 0 Å². The van der Waals surface area contributed by atoms with Crippen molar-refractivity contribution in [1.82, 2.24) is 9.97 Å². The van der Waals surface area contributed by atoms with E-state index in [0.717, 1.165) is 0 Å². The summed E-state index contributed by atoms with van der Waals surface area (Å²) in [6, 6.07) is -0.0993. The number of ether oxygens (including phenoxy) is 2. The number of hydrogen-bond donors (Lipinski definition) is 1. The summed E-state index contributed by atoms with van der Waals surface area (Å²) in [6.07, 6.45) is 0.492. The quantitative estimate of drug-likeness (QED) is 0.652. The number of esters is 1. The molecule has 1 unspecified atom stereocenters. The summed E-state index contributed by atoms with van der Waals surface area (Å²) in [7, 11) is 1.23. The molecule has 2 rings (SSSR count). The fourth-order valence-electron chi connectivity index (χ4n) is 2.15. The molecule has 21 heavy (non-hydrogen) atoms. The molecule has 0 bridgehead atoms. The standard InChI is InChI=1S/C12H15Cl2N3O4/c1-20-11(19)9-8(13)10(16-12(14)15-9)17-3-5-21-6-7(17)2-4-18/h7,18H,2-6H2,1H3. The maximum Gasteiger partial charge on any atom is 0.358 e. The summed E-state index contributed by atoms with van der Waals surface area (Å²) in [5.41, 5.74) is -0.0802. The zero-order valence-corrected chi connectivity index (χ0v) is 12.9. The number of morpholine rings is 1. The number of carbonyl (C=O) groups excluding carboxylic acids is 1. The summed E-state index contributed by atoms with van der Waals surface area (Å²) < 4.78 is 10.0. The highest BCUT2D eigenvalue weighted by molar-refractivity contribution is 6.36. The van der Waals surface area contributed by atoms with E-state index in [9.17, 15) is 4.79 Å².